The fraction of sp³-hybridized carbons (Fsp3) is 0.615. The lowest BCUT2D eigenvalue weighted by molar-refractivity contribution is 0.0762. The number of aryl methyl sites for hydroxylation is 2. The summed E-state index contributed by atoms with van der Waals surface area (Å²) in [6.45, 7) is 5.36. The molecule has 20 heavy (non-hydrogen) atoms. The lowest BCUT2D eigenvalue weighted by Gasteiger charge is -2.20. The summed E-state index contributed by atoms with van der Waals surface area (Å²) in [5, 5.41) is 0. The van der Waals surface area contributed by atoms with Gasteiger partial charge in [0, 0.05) is 26.2 Å². The first-order chi connectivity index (χ1) is 9.29. The molecule has 0 atom stereocenters. The lowest BCUT2D eigenvalue weighted by atomic mass is 10.2. The molecule has 112 valence electrons. The SMILES string of the molecule is Cc1cc(C(=O)N2CCCN(S(C)(=O)=O)CC2)c(C)o1. The Morgan fingerprint density at radius 3 is 2.45 bits per heavy atom. The maximum absolute atomic E-state index is 12.4. The molecule has 1 aromatic heterocycles. The predicted molar refractivity (Wildman–Crippen MR) is 75.1 cm³/mol. The van der Waals surface area contributed by atoms with E-state index in [9.17, 15) is 13.2 Å². The van der Waals surface area contributed by atoms with Crippen molar-refractivity contribution in [1.29, 1.82) is 0 Å². The fourth-order valence-electron chi connectivity index (χ4n) is 2.44. The second-order valence-electron chi connectivity index (χ2n) is 5.13. The van der Waals surface area contributed by atoms with Crippen LogP contribution in [0.5, 0.6) is 0 Å². The van der Waals surface area contributed by atoms with Crippen LogP contribution in [0.2, 0.25) is 0 Å². The van der Waals surface area contributed by atoms with Gasteiger partial charge in [-0.25, -0.2) is 12.7 Å². The third-order valence-electron chi connectivity index (χ3n) is 3.48. The van der Waals surface area contributed by atoms with E-state index in [1.165, 1.54) is 10.6 Å². The standard InChI is InChI=1S/C13H20N2O4S/c1-10-9-12(11(2)19-10)13(16)14-5-4-6-15(8-7-14)20(3,17)18/h9H,4-8H2,1-3H3. The summed E-state index contributed by atoms with van der Waals surface area (Å²) in [5.41, 5.74) is 0.565. The number of furan rings is 1. The smallest absolute Gasteiger partial charge is 0.257 e. The van der Waals surface area contributed by atoms with Crippen molar-refractivity contribution in [3.63, 3.8) is 0 Å². The molecule has 0 saturated carbocycles. The molecule has 6 nitrogen and oxygen atoms in total. The highest BCUT2D eigenvalue weighted by molar-refractivity contribution is 7.88. The van der Waals surface area contributed by atoms with Crippen molar-refractivity contribution in [2.24, 2.45) is 0 Å². The Bertz CT molecular complexity index is 606. The molecule has 0 aromatic carbocycles. The number of hydrogen-bond acceptors (Lipinski definition) is 4. The van der Waals surface area contributed by atoms with Gasteiger partial charge in [0.1, 0.15) is 11.5 Å². The molecule has 0 radical (unpaired) electrons. The summed E-state index contributed by atoms with van der Waals surface area (Å²) in [5.74, 6) is 1.23. The topological polar surface area (TPSA) is 70.8 Å². The number of carbonyl (C=O) groups is 1. The minimum atomic E-state index is -3.19. The van der Waals surface area contributed by atoms with Gasteiger partial charge in [-0.15, -0.1) is 0 Å². The first kappa shape index (κ1) is 15.1. The number of carbonyl (C=O) groups excluding carboxylic acids is 1. The van der Waals surface area contributed by atoms with Crippen molar-refractivity contribution in [2.45, 2.75) is 20.3 Å². The average molecular weight is 300 g/mol. The van der Waals surface area contributed by atoms with E-state index in [1.807, 2.05) is 0 Å². The summed E-state index contributed by atoms with van der Waals surface area (Å²) in [6.07, 6.45) is 1.85. The Morgan fingerprint density at radius 2 is 1.90 bits per heavy atom. The highest BCUT2D eigenvalue weighted by Gasteiger charge is 2.26. The van der Waals surface area contributed by atoms with E-state index in [2.05, 4.69) is 0 Å². The number of hydrogen-bond donors (Lipinski definition) is 0. The third kappa shape index (κ3) is 3.21. The Kier molecular flexibility index (Phi) is 4.19. The molecule has 1 saturated heterocycles. The van der Waals surface area contributed by atoms with Crippen LogP contribution in [-0.2, 0) is 10.0 Å². The van der Waals surface area contributed by atoms with Gasteiger partial charge in [0.05, 0.1) is 11.8 Å². The number of amides is 1. The van der Waals surface area contributed by atoms with Crippen LogP contribution < -0.4 is 0 Å². The largest absolute Gasteiger partial charge is 0.466 e. The van der Waals surface area contributed by atoms with Gasteiger partial charge < -0.3 is 9.32 Å². The van der Waals surface area contributed by atoms with Gasteiger partial charge in [-0.1, -0.05) is 0 Å². The van der Waals surface area contributed by atoms with Crippen molar-refractivity contribution in [3.8, 4) is 0 Å². The highest BCUT2D eigenvalue weighted by Crippen LogP contribution is 2.17. The second kappa shape index (κ2) is 5.57. The molecule has 2 rings (SSSR count). The molecule has 1 aromatic rings. The molecule has 0 spiro atoms. The Balaban J connectivity index is 2.11. The number of sulfonamides is 1. The third-order valence-corrected chi connectivity index (χ3v) is 4.79. The Hall–Kier alpha value is -1.34. The second-order valence-corrected chi connectivity index (χ2v) is 7.12. The minimum Gasteiger partial charge on any atom is -0.466 e. The zero-order valence-corrected chi connectivity index (χ0v) is 12.9. The first-order valence-electron chi connectivity index (χ1n) is 6.60. The summed E-state index contributed by atoms with van der Waals surface area (Å²) < 4.78 is 29.9. The van der Waals surface area contributed by atoms with Gasteiger partial charge in [0.15, 0.2) is 0 Å². The van der Waals surface area contributed by atoms with Crippen LogP contribution in [0, 0.1) is 13.8 Å². The fourth-order valence-corrected chi connectivity index (χ4v) is 3.32. The normalized spacial score (nSPS) is 18.1. The predicted octanol–water partition coefficient (Wildman–Crippen LogP) is 1.00. The van der Waals surface area contributed by atoms with E-state index in [0.29, 0.717) is 49.7 Å². The zero-order chi connectivity index (χ0) is 14.9. The highest BCUT2D eigenvalue weighted by atomic mass is 32.2. The number of nitrogens with zero attached hydrogens (tertiary/aromatic N) is 2. The summed E-state index contributed by atoms with van der Waals surface area (Å²) in [4.78, 5) is 14.1. The number of rotatable bonds is 2. The van der Waals surface area contributed by atoms with Gasteiger partial charge in [-0.05, 0) is 26.3 Å². The lowest BCUT2D eigenvalue weighted by Crippen LogP contribution is -2.37. The quantitative estimate of drug-likeness (QED) is 0.817. The van der Waals surface area contributed by atoms with E-state index in [-0.39, 0.29) is 5.91 Å². The van der Waals surface area contributed by atoms with E-state index in [0.717, 1.165) is 0 Å². The van der Waals surface area contributed by atoms with Crippen molar-refractivity contribution in [1.82, 2.24) is 9.21 Å². The van der Waals surface area contributed by atoms with Gasteiger partial charge in [-0.2, -0.15) is 0 Å². The van der Waals surface area contributed by atoms with Crippen molar-refractivity contribution < 1.29 is 17.6 Å². The maximum Gasteiger partial charge on any atom is 0.257 e. The van der Waals surface area contributed by atoms with Crippen LogP contribution >= 0.6 is 0 Å². The minimum absolute atomic E-state index is 0.0882. The zero-order valence-electron chi connectivity index (χ0n) is 12.0. The van der Waals surface area contributed by atoms with Gasteiger partial charge in [-0.3, -0.25) is 4.79 Å². The molecule has 0 unspecified atom stereocenters. The molecule has 1 fully saturated rings. The summed E-state index contributed by atoms with van der Waals surface area (Å²) in [7, 11) is -3.19. The molecular formula is C13H20N2O4S. The van der Waals surface area contributed by atoms with Crippen LogP contribution in [0.15, 0.2) is 10.5 Å². The van der Waals surface area contributed by atoms with Gasteiger partial charge >= 0.3 is 0 Å². The Morgan fingerprint density at radius 1 is 1.20 bits per heavy atom. The van der Waals surface area contributed by atoms with E-state index < -0.39 is 10.0 Å². The first-order valence-corrected chi connectivity index (χ1v) is 8.45. The van der Waals surface area contributed by atoms with Crippen molar-refractivity contribution >= 4 is 15.9 Å². The average Bonchev–Trinajstić information content (AvgIpc) is 2.56. The Labute approximate surface area is 119 Å². The summed E-state index contributed by atoms with van der Waals surface area (Å²) in [6, 6.07) is 1.73. The molecule has 7 heteroatoms. The van der Waals surface area contributed by atoms with Crippen molar-refractivity contribution in [2.75, 3.05) is 32.4 Å². The van der Waals surface area contributed by atoms with Crippen LogP contribution in [0.25, 0.3) is 0 Å². The van der Waals surface area contributed by atoms with Crippen LogP contribution in [-0.4, -0.2) is 56.0 Å². The molecule has 1 amide bonds. The molecular weight excluding hydrogens is 280 g/mol. The maximum atomic E-state index is 12.4. The van der Waals surface area contributed by atoms with Crippen LogP contribution in [0.3, 0.4) is 0 Å². The van der Waals surface area contributed by atoms with E-state index in [4.69, 9.17) is 4.42 Å². The molecule has 2 heterocycles. The molecule has 0 N–H and O–H groups in total. The monoisotopic (exact) mass is 300 g/mol. The van der Waals surface area contributed by atoms with Gasteiger partial charge in [0.25, 0.3) is 5.91 Å². The molecule has 0 aliphatic carbocycles. The van der Waals surface area contributed by atoms with E-state index in [1.54, 1.807) is 24.8 Å². The molecule has 1 aliphatic rings. The van der Waals surface area contributed by atoms with Crippen molar-refractivity contribution in [3.05, 3.63) is 23.2 Å². The van der Waals surface area contributed by atoms with Crippen LogP contribution in [0.4, 0.5) is 0 Å². The van der Waals surface area contributed by atoms with E-state index >= 15 is 0 Å². The molecule has 1 aliphatic heterocycles. The summed E-state index contributed by atoms with van der Waals surface area (Å²) >= 11 is 0. The van der Waals surface area contributed by atoms with Crippen LogP contribution in [0.1, 0.15) is 28.3 Å². The van der Waals surface area contributed by atoms with Gasteiger partial charge in [0.2, 0.25) is 10.0 Å². The molecule has 0 bridgehead atoms.